The lowest BCUT2D eigenvalue weighted by Crippen LogP contribution is -2.18. The molecule has 1 atom stereocenters. The van der Waals surface area contributed by atoms with Gasteiger partial charge < -0.3 is 10.4 Å². The molecule has 19 heavy (non-hydrogen) atoms. The first-order valence-corrected chi connectivity index (χ1v) is 5.95. The molecular weight excluding hydrogens is 250 g/mol. The molecule has 104 valence electrons. The number of carbonyl (C=O) groups is 1. The second-order valence-electron chi connectivity index (χ2n) is 4.73. The Hall–Kier alpha value is -2.18. The summed E-state index contributed by atoms with van der Waals surface area (Å²) in [6.07, 6.45) is 0. The van der Waals surface area contributed by atoms with Crippen LogP contribution >= 0.6 is 0 Å². The predicted octanol–water partition coefficient (Wildman–Crippen LogP) is 2.39. The van der Waals surface area contributed by atoms with Crippen LogP contribution < -0.4 is 5.32 Å². The summed E-state index contributed by atoms with van der Waals surface area (Å²) in [5, 5.41) is 22.6. The van der Waals surface area contributed by atoms with Gasteiger partial charge >= 0.3 is 11.7 Å². The number of rotatable bonds is 6. The van der Waals surface area contributed by atoms with Crippen LogP contribution in [0.2, 0.25) is 0 Å². The van der Waals surface area contributed by atoms with Gasteiger partial charge in [0.2, 0.25) is 5.82 Å². The molecule has 0 saturated heterocycles. The monoisotopic (exact) mass is 267 g/mol. The van der Waals surface area contributed by atoms with Gasteiger partial charge in [0, 0.05) is 12.6 Å². The number of nitro groups is 1. The molecule has 7 nitrogen and oxygen atoms in total. The SMILES string of the molecule is CC(C)C(C)CNc1nc(C(=O)O)ccc1[N+](=O)[O-]. The first kappa shape index (κ1) is 14.9. The highest BCUT2D eigenvalue weighted by atomic mass is 16.6. The minimum Gasteiger partial charge on any atom is -0.477 e. The van der Waals surface area contributed by atoms with Gasteiger partial charge in [0.15, 0.2) is 5.69 Å². The molecule has 0 amide bonds. The molecule has 0 aliphatic rings. The Morgan fingerprint density at radius 3 is 2.58 bits per heavy atom. The van der Waals surface area contributed by atoms with E-state index in [1.54, 1.807) is 0 Å². The molecule has 1 heterocycles. The average Bonchev–Trinajstić information content (AvgIpc) is 2.34. The van der Waals surface area contributed by atoms with Gasteiger partial charge in [-0.15, -0.1) is 0 Å². The first-order valence-electron chi connectivity index (χ1n) is 5.95. The molecule has 0 aliphatic carbocycles. The third kappa shape index (κ3) is 3.90. The van der Waals surface area contributed by atoms with Gasteiger partial charge in [0.05, 0.1) is 4.92 Å². The van der Waals surface area contributed by atoms with Gasteiger partial charge in [-0.3, -0.25) is 10.1 Å². The zero-order valence-corrected chi connectivity index (χ0v) is 11.1. The lowest BCUT2D eigenvalue weighted by Gasteiger charge is -2.16. The van der Waals surface area contributed by atoms with E-state index >= 15 is 0 Å². The quantitative estimate of drug-likeness (QED) is 0.605. The fourth-order valence-electron chi connectivity index (χ4n) is 1.34. The van der Waals surface area contributed by atoms with Crippen molar-refractivity contribution in [2.75, 3.05) is 11.9 Å². The molecule has 0 spiro atoms. The van der Waals surface area contributed by atoms with Gasteiger partial charge in [0.1, 0.15) is 0 Å². The number of nitrogens with zero attached hydrogens (tertiary/aromatic N) is 2. The number of pyridine rings is 1. The van der Waals surface area contributed by atoms with E-state index in [1.807, 2.05) is 20.8 Å². The smallest absolute Gasteiger partial charge is 0.354 e. The highest BCUT2D eigenvalue weighted by Crippen LogP contribution is 2.23. The highest BCUT2D eigenvalue weighted by Gasteiger charge is 2.19. The maximum atomic E-state index is 10.9. The summed E-state index contributed by atoms with van der Waals surface area (Å²) in [5.74, 6) is -0.517. The fraction of sp³-hybridized carbons (Fsp3) is 0.500. The van der Waals surface area contributed by atoms with Crippen molar-refractivity contribution in [1.29, 1.82) is 0 Å². The van der Waals surface area contributed by atoms with E-state index in [1.165, 1.54) is 0 Å². The Balaban J connectivity index is 2.98. The van der Waals surface area contributed by atoms with Gasteiger partial charge in [-0.05, 0) is 17.9 Å². The van der Waals surface area contributed by atoms with E-state index in [0.717, 1.165) is 12.1 Å². The number of aromatic nitrogens is 1. The number of anilines is 1. The molecule has 1 rings (SSSR count). The van der Waals surface area contributed by atoms with Crippen LogP contribution in [0.5, 0.6) is 0 Å². The van der Waals surface area contributed by atoms with Crippen LogP contribution in [0.4, 0.5) is 11.5 Å². The third-order valence-corrected chi connectivity index (χ3v) is 3.02. The summed E-state index contributed by atoms with van der Waals surface area (Å²) in [7, 11) is 0. The summed E-state index contributed by atoms with van der Waals surface area (Å²) in [5.41, 5.74) is -0.439. The molecule has 1 unspecified atom stereocenters. The van der Waals surface area contributed by atoms with Crippen LogP contribution in [0.15, 0.2) is 12.1 Å². The van der Waals surface area contributed by atoms with E-state index in [9.17, 15) is 14.9 Å². The van der Waals surface area contributed by atoms with Crippen molar-refractivity contribution in [1.82, 2.24) is 4.98 Å². The van der Waals surface area contributed by atoms with Crippen molar-refractivity contribution in [2.24, 2.45) is 11.8 Å². The first-order chi connectivity index (χ1) is 8.82. The maximum Gasteiger partial charge on any atom is 0.354 e. The Labute approximate surface area is 110 Å². The van der Waals surface area contributed by atoms with Crippen molar-refractivity contribution >= 4 is 17.5 Å². The normalized spacial score (nSPS) is 12.2. The zero-order chi connectivity index (χ0) is 14.6. The van der Waals surface area contributed by atoms with Crippen LogP contribution in [-0.4, -0.2) is 27.5 Å². The van der Waals surface area contributed by atoms with E-state index < -0.39 is 10.9 Å². The van der Waals surface area contributed by atoms with Gasteiger partial charge in [-0.1, -0.05) is 20.8 Å². The summed E-state index contributed by atoms with van der Waals surface area (Å²) < 4.78 is 0. The molecule has 0 radical (unpaired) electrons. The Morgan fingerprint density at radius 2 is 2.11 bits per heavy atom. The van der Waals surface area contributed by atoms with E-state index in [-0.39, 0.29) is 23.1 Å². The maximum absolute atomic E-state index is 10.9. The molecule has 0 aliphatic heterocycles. The van der Waals surface area contributed by atoms with Crippen LogP contribution in [0.3, 0.4) is 0 Å². The van der Waals surface area contributed by atoms with Crippen LogP contribution in [-0.2, 0) is 0 Å². The summed E-state index contributed by atoms with van der Waals surface area (Å²) in [6, 6.07) is 2.27. The summed E-state index contributed by atoms with van der Waals surface area (Å²) >= 11 is 0. The second kappa shape index (κ2) is 6.12. The minimum absolute atomic E-state index is 0.00241. The Kier molecular flexibility index (Phi) is 4.80. The molecular formula is C12H17N3O4. The fourth-order valence-corrected chi connectivity index (χ4v) is 1.34. The lowest BCUT2D eigenvalue weighted by molar-refractivity contribution is -0.384. The van der Waals surface area contributed by atoms with Gasteiger partial charge in [-0.25, -0.2) is 9.78 Å². The van der Waals surface area contributed by atoms with Crippen LogP contribution in [0.1, 0.15) is 31.3 Å². The molecule has 0 fully saturated rings. The van der Waals surface area contributed by atoms with Crippen LogP contribution in [0, 0.1) is 22.0 Å². The number of aromatic carboxylic acids is 1. The number of carboxylic acid groups (broad SMARTS) is 1. The standard InChI is InChI=1S/C12H17N3O4/c1-7(2)8(3)6-13-11-10(15(18)19)5-4-9(14-11)12(16)17/h4-5,7-8H,6H2,1-3H3,(H,13,14)(H,16,17). The number of hydrogen-bond donors (Lipinski definition) is 2. The lowest BCUT2D eigenvalue weighted by atomic mass is 9.98. The average molecular weight is 267 g/mol. The topological polar surface area (TPSA) is 105 Å². The molecule has 0 bridgehead atoms. The Morgan fingerprint density at radius 1 is 1.47 bits per heavy atom. The molecule has 2 N–H and O–H groups in total. The van der Waals surface area contributed by atoms with Crippen molar-refractivity contribution in [2.45, 2.75) is 20.8 Å². The molecule has 1 aromatic heterocycles. The van der Waals surface area contributed by atoms with Gasteiger partial charge in [0.25, 0.3) is 0 Å². The number of carboxylic acids is 1. The third-order valence-electron chi connectivity index (χ3n) is 3.02. The number of nitrogens with one attached hydrogen (secondary N) is 1. The molecule has 0 aromatic carbocycles. The second-order valence-corrected chi connectivity index (χ2v) is 4.73. The zero-order valence-electron chi connectivity index (χ0n) is 11.1. The molecule has 1 aromatic rings. The summed E-state index contributed by atoms with van der Waals surface area (Å²) in [6.45, 7) is 6.59. The van der Waals surface area contributed by atoms with Gasteiger partial charge in [-0.2, -0.15) is 0 Å². The van der Waals surface area contributed by atoms with E-state index in [2.05, 4.69) is 10.3 Å². The molecule has 7 heteroatoms. The predicted molar refractivity (Wildman–Crippen MR) is 70.3 cm³/mol. The van der Waals surface area contributed by atoms with Crippen molar-refractivity contribution in [3.8, 4) is 0 Å². The van der Waals surface area contributed by atoms with Crippen molar-refractivity contribution < 1.29 is 14.8 Å². The largest absolute Gasteiger partial charge is 0.477 e. The number of hydrogen-bond acceptors (Lipinski definition) is 5. The Bertz CT molecular complexity index is 488. The highest BCUT2D eigenvalue weighted by molar-refractivity contribution is 5.86. The van der Waals surface area contributed by atoms with Crippen molar-refractivity contribution in [3.63, 3.8) is 0 Å². The minimum atomic E-state index is -1.21. The van der Waals surface area contributed by atoms with E-state index in [0.29, 0.717) is 12.5 Å². The van der Waals surface area contributed by atoms with E-state index in [4.69, 9.17) is 5.11 Å². The summed E-state index contributed by atoms with van der Waals surface area (Å²) in [4.78, 5) is 24.9. The van der Waals surface area contributed by atoms with Crippen LogP contribution in [0.25, 0.3) is 0 Å². The van der Waals surface area contributed by atoms with Crippen molar-refractivity contribution in [3.05, 3.63) is 27.9 Å². The molecule has 0 saturated carbocycles.